The number of oxime groups is 1. The molecule has 0 saturated carbocycles. The van der Waals surface area contributed by atoms with Crippen LogP contribution in [-0.4, -0.2) is 22.4 Å². The number of rotatable bonds is 4. The summed E-state index contributed by atoms with van der Waals surface area (Å²) >= 11 is 16.2. The fourth-order valence-electron chi connectivity index (χ4n) is 0.263. The normalized spacial score (nSPS) is 11.5. The van der Waals surface area contributed by atoms with Crippen LogP contribution >= 0.6 is 34.8 Å². The molecule has 0 spiro atoms. The zero-order chi connectivity index (χ0) is 9.56. The standard InChI is InChI=1S/C6H6Cl3NO2/c1-2-5(11)12-10-4(3-7)6(8)9/h2,6H,1,3H2. The molecule has 0 saturated heterocycles. The minimum atomic E-state index is -0.875. The minimum absolute atomic E-state index is 0.00207. The molecule has 0 atom stereocenters. The minimum Gasteiger partial charge on any atom is -0.313 e. The van der Waals surface area contributed by atoms with Crippen LogP contribution in [0.1, 0.15) is 0 Å². The van der Waals surface area contributed by atoms with E-state index in [2.05, 4.69) is 16.6 Å². The van der Waals surface area contributed by atoms with Crippen molar-refractivity contribution in [2.24, 2.45) is 5.16 Å². The summed E-state index contributed by atoms with van der Waals surface area (Å²) < 4.78 is 0. The summed E-state index contributed by atoms with van der Waals surface area (Å²) in [4.78, 5) is 13.9. The van der Waals surface area contributed by atoms with E-state index < -0.39 is 10.8 Å². The van der Waals surface area contributed by atoms with Gasteiger partial charge in [0.1, 0.15) is 10.5 Å². The molecule has 0 heterocycles. The van der Waals surface area contributed by atoms with Gasteiger partial charge in [-0.1, -0.05) is 34.9 Å². The third-order valence-electron chi connectivity index (χ3n) is 0.808. The van der Waals surface area contributed by atoms with Gasteiger partial charge in [0.2, 0.25) is 0 Å². The summed E-state index contributed by atoms with van der Waals surface area (Å²) in [5.41, 5.74) is 0.176. The SMILES string of the molecule is C=CC(=O)ON=C(CCl)C(Cl)Cl. The van der Waals surface area contributed by atoms with Gasteiger partial charge in [0.15, 0.2) is 0 Å². The maximum absolute atomic E-state index is 10.5. The van der Waals surface area contributed by atoms with E-state index in [1.54, 1.807) is 0 Å². The van der Waals surface area contributed by atoms with E-state index in [9.17, 15) is 4.79 Å². The molecule has 3 nitrogen and oxygen atoms in total. The van der Waals surface area contributed by atoms with Gasteiger partial charge in [0.05, 0.1) is 5.88 Å². The fourth-order valence-corrected chi connectivity index (χ4v) is 0.858. The number of alkyl halides is 3. The van der Waals surface area contributed by atoms with Gasteiger partial charge >= 0.3 is 5.97 Å². The first-order valence-corrected chi connectivity index (χ1v) is 4.26. The van der Waals surface area contributed by atoms with Crippen LogP contribution in [0.25, 0.3) is 0 Å². The number of carbonyl (C=O) groups excluding carboxylic acids is 1. The van der Waals surface area contributed by atoms with Gasteiger partial charge in [-0.3, -0.25) is 0 Å². The van der Waals surface area contributed by atoms with Crippen molar-refractivity contribution in [3.63, 3.8) is 0 Å². The van der Waals surface area contributed by atoms with Crippen molar-refractivity contribution < 1.29 is 9.63 Å². The number of hydrogen-bond donors (Lipinski definition) is 0. The molecule has 0 N–H and O–H groups in total. The van der Waals surface area contributed by atoms with E-state index in [1.807, 2.05) is 0 Å². The molecular formula is C6H6Cl3NO2. The third-order valence-corrected chi connectivity index (χ3v) is 1.59. The highest BCUT2D eigenvalue weighted by atomic mass is 35.5. The third kappa shape index (κ3) is 4.59. The highest BCUT2D eigenvalue weighted by Crippen LogP contribution is 2.06. The monoisotopic (exact) mass is 229 g/mol. The van der Waals surface area contributed by atoms with Crippen molar-refractivity contribution >= 4 is 46.5 Å². The Hall–Kier alpha value is -0.250. The van der Waals surface area contributed by atoms with E-state index in [4.69, 9.17) is 34.8 Å². The van der Waals surface area contributed by atoms with Gasteiger partial charge in [0, 0.05) is 6.08 Å². The molecule has 0 amide bonds. The molecule has 68 valence electrons. The zero-order valence-electron chi connectivity index (χ0n) is 5.97. The maximum atomic E-state index is 10.5. The van der Waals surface area contributed by atoms with Crippen molar-refractivity contribution in [3.05, 3.63) is 12.7 Å². The summed E-state index contributed by atoms with van der Waals surface area (Å²) in [6, 6.07) is 0. The van der Waals surface area contributed by atoms with E-state index in [1.165, 1.54) is 0 Å². The van der Waals surface area contributed by atoms with Crippen LogP contribution in [0.15, 0.2) is 17.8 Å². The Morgan fingerprint density at radius 2 is 2.25 bits per heavy atom. The van der Waals surface area contributed by atoms with Crippen molar-refractivity contribution in [1.29, 1.82) is 0 Å². The molecule has 0 rings (SSSR count). The predicted molar refractivity (Wildman–Crippen MR) is 49.9 cm³/mol. The van der Waals surface area contributed by atoms with Crippen molar-refractivity contribution in [1.82, 2.24) is 0 Å². The molecule has 0 aliphatic rings. The second kappa shape index (κ2) is 6.29. The van der Waals surface area contributed by atoms with E-state index >= 15 is 0 Å². The largest absolute Gasteiger partial charge is 0.357 e. The first-order chi connectivity index (χ1) is 5.61. The average molecular weight is 230 g/mol. The first-order valence-electron chi connectivity index (χ1n) is 2.86. The highest BCUT2D eigenvalue weighted by Gasteiger charge is 2.09. The first kappa shape index (κ1) is 11.8. The topological polar surface area (TPSA) is 38.7 Å². The van der Waals surface area contributed by atoms with Crippen LogP contribution in [0.5, 0.6) is 0 Å². The lowest BCUT2D eigenvalue weighted by Gasteiger charge is -2.00. The Labute approximate surface area is 84.9 Å². The molecule has 6 heteroatoms. The van der Waals surface area contributed by atoms with E-state index in [0.29, 0.717) is 0 Å². The molecule has 12 heavy (non-hydrogen) atoms. The van der Waals surface area contributed by atoms with Crippen LogP contribution in [0.3, 0.4) is 0 Å². The van der Waals surface area contributed by atoms with Crippen LogP contribution in [0.4, 0.5) is 0 Å². The summed E-state index contributed by atoms with van der Waals surface area (Å²) in [7, 11) is 0. The molecule has 0 aromatic heterocycles. The van der Waals surface area contributed by atoms with Crippen molar-refractivity contribution in [2.45, 2.75) is 4.84 Å². The van der Waals surface area contributed by atoms with E-state index in [0.717, 1.165) is 6.08 Å². The number of hydrogen-bond acceptors (Lipinski definition) is 3. The van der Waals surface area contributed by atoms with E-state index in [-0.39, 0.29) is 11.6 Å². The lowest BCUT2D eigenvalue weighted by Crippen LogP contribution is -2.11. The fraction of sp³-hybridized carbons (Fsp3) is 0.333. The van der Waals surface area contributed by atoms with Gasteiger partial charge in [-0.25, -0.2) is 4.79 Å². The Bertz CT molecular complexity index is 203. The Kier molecular flexibility index (Phi) is 6.16. The second-order valence-corrected chi connectivity index (χ2v) is 2.99. The number of nitrogens with zero attached hydrogens (tertiary/aromatic N) is 1. The zero-order valence-corrected chi connectivity index (χ0v) is 8.23. The summed E-state index contributed by atoms with van der Waals surface area (Å²) in [5.74, 6) is -0.686. The van der Waals surface area contributed by atoms with Gasteiger partial charge in [0.25, 0.3) is 0 Å². The smallest absolute Gasteiger partial charge is 0.313 e. The lowest BCUT2D eigenvalue weighted by atomic mass is 10.5. The summed E-state index contributed by atoms with van der Waals surface area (Å²) in [5, 5.41) is 3.31. The Morgan fingerprint density at radius 3 is 2.58 bits per heavy atom. The van der Waals surface area contributed by atoms with Crippen molar-refractivity contribution in [2.75, 3.05) is 5.88 Å². The quantitative estimate of drug-likeness (QED) is 0.244. The average Bonchev–Trinajstić information content (AvgIpc) is 2.04. The molecule has 0 aromatic rings. The molecular weight excluding hydrogens is 224 g/mol. The Morgan fingerprint density at radius 1 is 1.67 bits per heavy atom. The second-order valence-electron chi connectivity index (χ2n) is 1.63. The molecule has 0 aliphatic heterocycles. The molecule has 0 radical (unpaired) electrons. The van der Waals surface area contributed by atoms with Crippen LogP contribution in [0.2, 0.25) is 0 Å². The van der Waals surface area contributed by atoms with Crippen LogP contribution in [-0.2, 0) is 9.63 Å². The van der Waals surface area contributed by atoms with Gasteiger partial charge in [-0.2, -0.15) is 0 Å². The Balaban J connectivity index is 4.11. The predicted octanol–water partition coefficient (Wildman–Crippen LogP) is 2.11. The van der Waals surface area contributed by atoms with Gasteiger partial charge in [-0.15, -0.1) is 11.6 Å². The number of carbonyl (C=O) groups is 1. The number of halogens is 3. The molecule has 0 unspecified atom stereocenters. The molecule has 0 aromatic carbocycles. The van der Waals surface area contributed by atoms with Gasteiger partial charge in [-0.05, 0) is 0 Å². The lowest BCUT2D eigenvalue weighted by molar-refractivity contribution is -0.137. The molecule has 0 bridgehead atoms. The van der Waals surface area contributed by atoms with Crippen molar-refractivity contribution in [3.8, 4) is 0 Å². The summed E-state index contributed by atoms with van der Waals surface area (Å²) in [6.07, 6.45) is 0.965. The molecule has 0 aliphatic carbocycles. The highest BCUT2D eigenvalue weighted by molar-refractivity contribution is 6.56. The summed E-state index contributed by atoms with van der Waals surface area (Å²) in [6.45, 7) is 3.17. The van der Waals surface area contributed by atoms with Crippen LogP contribution < -0.4 is 0 Å². The van der Waals surface area contributed by atoms with Crippen LogP contribution in [0, 0.1) is 0 Å². The van der Waals surface area contributed by atoms with Gasteiger partial charge < -0.3 is 4.84 Å². The molecule has 0 fully saturated rings. The maximum Gasteiger partial charge on any atom is 0.357 e.